The van der Waals surface area contributed by atoms with Crippen LogP contribution in [0, 0.1) is 0 Å². The molecule has 0 saturated heterocycles. The van der Waals surface area contributed by atoms with Gasteiger partial charge in [-0.3, -0.25) is 19.2 Å². The van der Waals surface area contributed by atoms with Gasteiger partial charge in [-0.2, -0.15) is 10.2 Å². The lowest BCUT2D eigenvalue weighted by Gasteiger charge is -2.28. The maximum atomic E-state index is 12.3. The van der Waals surface area contributed by atoms with Crippen molar-refractivity contribution >= 4 is 41.2 Å². The third-order valence-electron chi connectivity index (χ3n) is 12.4. The molecule has 392 valence electrons. The van der Waals surface area contributed by atoms with Crippen LogP contribution in [0.25, 0.3) is 22.5 Å². The minimum Gasteiger partial charge on any atom is -0.444 e. The Bertz CT molecular complexity index is 2830. The zero-order valence-corrected chi connectivity index (χ0v) is 42.9. The number of halogens is 1. The van der Waals surface area contributed by atoms with E-state index >= 15 is 0 Å². The van der Waals surface area contributed by atoms with Crippen LogP contribution in [0.4, 0.5) is 27.0 Å². The topological polar surface area (TPSA) is 208 Å². The Morgan fingerprint density at radius 3 is 1.64 bits per heavy atom. The Morgan fingerprint density at radius 1 is 0.630 bits per heavy atom. The van der Waals surface area contributed by atoms with E-state index in [1.54, 1.807) is 12.4 Å². The highest BCUT2D eigenvalue weighted by Crippen LogP contribution is 2.35. The number of likely N-dealkylation sites (N-methyl/N-ethyl adjacent to an activating group) is 2. The van der Waals surface area contributed by atoms with Crippen LogP contribution in [-0.2, 0) is 48.5 Å². The molecule has 4 aromatic heterocycles. The smallest absolute Gasteiger partial charge is 0.408 e. The molecule has 2 aromatic carbocycles. The standard InChI is InChI=1S/C26H33N7O2.C19H22ClN3O2.C7H12N4.2CH4/c1-26(2,3)35-25(34)29-21-7-5-6-17-12-18(8-9-20(17)21)22-14-23(28-16-27-22)30-24-13-19-15-32(4)10-11-33(19)31-24;1-19(2,3)25-18(24)23-15-6-4-5-12-9-13(7-8-14(12)15)16-10-17(20)22-11-21-16;1-10-2-3-11-6(5-10)4-7(8)9-11;;/h8-9,12-14,16,21H,5-7,10-11,15H2,1-4H3,(H,29,34)(H,27,28,30,31);7-11,15H,4-6H2,1-3H3,(H,23,24);4H,2-3,5H2,1H3,(H2,8,9);2*1H4. The van der Waals surface area contributed by atoms with Crippen LogP contribution in [0.5, 0.6) is 0 Å². The first kappa shape index (κ1) is 55.7. The number of nitrogens with zero attached hydrogens (tertiary/aromatic N) is 10. The average molecular weight is 1020 g/mol. The van der Waals surface area contributed by atoms with Gasteiger partial charge in [0.25, 0.3) is 0 Å². The SMILES string of the molecule is C.C.CC(C)(C)OC(=O)NC1CCCc2cc(-c3cc(Cl)ncn3)ccc21.CN1CCn2nc(N)cc2C1.CN1CCn2nc(Nc3cc(-c4ccc5c(c4)CCCC5NC(=O)OC(C)(C)C)ncn3)cc2C1. The predicted octanol–water partition coefficient (Wildman–Crippen LogP) is 10.3. The summed E-state index contributed by atoms with van der Waals surface area (Å²) in [7, 11) is 4.22. The number of carbonyl (C=O) groups is 2. The Labute approximate surface area is 435 Å². The highest BCUT2D eigenvalue weighted by atomic mass is 35.5. The summed E-state index contributed by atoms with van der Waals surface area (Å²) in [5, 5.41) is 18.6. The summed E-state index contributed by atoms with van der Waals surface area (Å²) in [5.74, 6) is 2.14. The first-order valence-electron chi connectivity index (χ1n) is 24.4. The number of nitrogen functional groups attached to an aromatic ring is 1. The van der Waals surface area contributed by atoms with Crippen molar-refractivity contribution in [3.63, 3.8) is 0 Å². The van der Waals surface area contributed by atoms with E-state index in [1.165, 1.54) is 28.8 Å². The van der Waals surface area contributed by atoms with Gasteiger partial charge in [0.15, 0.2) is 5.82 Å². The highest BCUT2D eigenvalue weighted by molar-refractivity contribution is 6.29. The Kier molecular flexibility index (Phi) is 18.3. The Morgan fingerprint density at radius 2 is 1.12 bits per heavy atom. The molecular weight excluding hydrogens is 944 g/mol. The first-order chi connectivity index (χ1) is 33.8. The molecule has 2 aliphatic carbocycles. The van der Waals surface area contributed by atoms with Crippen LogP contribution in [0.2, 0.25) is 5.15 Å². The van der Waals surface area contributed by atoms with E-state index < -0.39 is 11.2 Å². The fourth-order valence-electron chi connectivity index (χ4n) is 9.23. The largest absolute Gasteiger partial charge is 0.444 e. The van der Waals surface area contributed by atoms with Gasteiger partial charge >= 0.3 is 12.2 Å². The summed E-state index contributed by atoms with van der Waals surface area (Å²) in [6.45, 7) is 17.0. The third kappa shape index (κ3) is 15.2. The third-order valence-corrected chi connectivity index (χ3v) is 12.6. The number of benzene rings is 2. The number of anilines is 3. The molecule has 73 heavy (non-hydrogen) atoms. The van der Waals surface area contributed by atoms with Gasteiger partial charge in [-0.15, -0.1) is 0 Å². The lowest BCUT2D eigenvalue weighted by Crippen LogP contribution is -2.36. The number of rotatable bonds is 6. The van der Waals surface area contributed by atoms with Crippen molar-refractivity contribution in [2.45, 2.75) is 144 Å². The molecule has 2 amide bonds. The van der Waals surface area contributed by atoms with E-state index in [9.17, 15) is 9.59 Å². The number of nitrogens with two attached hydrogens (primary N) is 1. The van der Waals surface area contributed by atoms with Gasteiger partial charge in [0, 0.05) is 61.6 Å². The summed E-state index contributed by atoms with van der Waals surface area (Å²) in [6.07, 6.45) is 8.07. The molecular formula is C54H75ClN14O4. The van der Waals surface area contributed by atoms with Crippen molar-refractivity contribution in [3.8, 4) is 22.5 Å². The van der Waals surface area contributed by atoms with Crippen molar-refractivity contribution in [1.29, 1.82) is 0 Å². The average Bonchev–Trinajstić information content (AvgIpc) is 3.88. The molecule has 2 aliphatic heterocycles. The second-order valence-electron chi connectivity index (χ2n) is 20.7. The lowest BCUT2D eigenvalue weighted by atomic mass is 9.86. The van der Waals surface area contributed by atoms with E-state index in [0.717, 1.165) is 117 Å². The minimum absolute atomic E-state index is 0. The fourth-order valence-corrected chi connectivity index (χ4v) is 9.38. The van der Waals surface area contributed by atoms with Gasteiger partial charge in [-0.1, -0.05) is 50.7 Å². The van der Waals surface area contributed by atoms with E-state index in [0.29, 0.717) is 16.8 Å². The molecule has 19 heteroatoms. The number of fused-ring (bicyclic) bond motifs is 4. The van der Waals surface area contributed by atoms with Gasteiger partial charge in [-0.25, -0.2) is 29.5 Å². The zero-order chi connectivity index (χ0) is 50.5. The minimum atomic E-state index is -0.517. The van der Waals surface area contributed by atoms with Crippen LogP contribution < -0.4 is 21.7 Å². The van der Waals surface area contributed by atoms with Crippen LogP contribution in [0.1, 0.15) is 128 Å². The molecule has 18 nitrogen and oxygen atoms in total. The molecule has 6 heterocycles. The Hall–Kier alpha value is -6.63. The second-order valence-corrected chi connectivity index (χ2v) is 21.0. The summed E-state index contributed by atoms with van der Waals surface area (Å²) >= 11 is 5.96. The maximum absolute atomic E-state index is 12.3. The van der Waals surface area contributed by atoms with Crippen LogP contribution in [-0.4, -0.2) is 99.9 Å². The van der Waals surface area contributed by atoms with E-state index in [4.69, 9.17) is 26.8 Å². The molecule has 5 N–H and O–H groups in total. The number of carbonyl (C=O) groups excluding carboxylic acids is 2. The van der Waals surface area contributed by atoms with Crippen LogP contribution >= 0.6 is 11.6 Å². The van der Waals surface area contributed by atoms with Crippen LogP contribution in [0.15, 0.2) is 73.3 Å². The number of hydrogen-bond donors (Lipinski definition) is 4. The summed E-state index contributed by atoms with van der Waals surface area (Å²) in [5.41, 5.74) is 15.4. The maximum Gasteiger partial charge on any atom is 0.408 e. The summed E-state index contributed by atoms with van der Waals surface area (Å²) in [4.78, 5) is 46.1. The van der Waals surface area contributed by atoms with Crippen LogP contribution in [0.3, 0.4) is 0 Å². The molecule has 2 atom stereocenters. The molecule has 0 bridgehead atoms. The number of ether oxygens (including phenoxy) is 2. The molecule has 6 aromatic rings. The summed E-state index contributed by atoms with van der Waals surface area (Å²) < 4.78 is 14.9. The van der Waals surface area contributed by atoms with Crippen molar-refractivity contribution < 1.29 is 19.1 Å². The summed E-state index contributed by atoms with van der Waals surface area (Å²) in [6, 6.07) is 20.2. The van der Waals surface area contributed by atoms with Gasteiger partial charge < -0.3 is 31.2 Å². The molecule has 0 fully saturated rings. The van der Waals surface area contributed by atoms with Gasteiger partial charge in [-0.05, 0) is 129 Å². The normalized spacial score (nSPS) is 17.1. The number of aromatic nitrogens is 8. The van der Waals surface area contributed by atoms with E-state index in [1.807, 2.05) is 64.4 Å². The Balaban J connectivity index is 0.000000199. The zero-order valence-electron chi connectivity index (χ0n) is 42.1. The monoisotopic (exact) mass is 1020 g/mol. The molecule has 2 unspecified atom stereocenters. The van der Waals surface area contributed by atoms with Crippen molar-refractivity contribution in [2.75, 3.05) is 38.2 Å². The number of aryl methyl sites for hydroxylation is 2. The number of amides is 2. The molecule has 10 rings (SSSR count). The number of hydrogen-bond acceptors (Lipinski definition) is 14. The highest BCUT2D eigenvalue weighted by Gasteiger charge is 2.27. The first-order valence-corrected chi connectivity index (χ1v) is 24.8. The molecule has 0 spiro atoms. The van der Waals surface area contributed by atoms with Gasteiger partial charge in [0.2, 0.25) is 0 Å². The number of nitrogens with one attached hydrogen (secondary N) is 3. The van der Waals surface area contributed by atoms with Crippen molar-refractivity contribution in [1.82, 2.24) is 59.9 Å². The fraction of sp³-hybridized carbons (Fsp3) is 0.481. The van der Waals surface area contributed by atoms with Gasteiger partial charge in [0.1, 0.15) is 40.6 Å². The number of alkyl carbamates (subject to hydrolysis) is 2. The van der Waals surface area contributed by atoms with E-state index in [-0.39, 0.29) is 39.1 Å². The van der Waals surface area contributed by atoms with Gasteiger partial charge in [0.05, 0.1) is 47.9 Å². The molecule has 4 aliphatic rings. The second kappa shape index (κ2) is 23.9. The van der Waals surface area contributed by atoms with Crippen molar-refractivity contribution in [3.05, 3.63) is 112 Å². The lowest BCUT2D eigenvalue weighted by molar-refractivity contribution is 0.0487. The molecule has 0 radical (unpaired) electrons. The predicted molar refractivity (Wildman–Crippen MR) is 288 cm³/mol. The quantitative estimate of drug-likeness (QED) is 0.115. The van der Waals surface area contributed by atoms with Crippen molar-refractivity contribution in [2.24, 2.45) is 0 Å². The van der Waals surface area contributed by atoms with E-state index in [2.05, 4.69) is 111 Å². The molecule has 0 saturated carbocycles.